The average molecular weight is 259 g/mol. The van der Waals surface area contributed by atoms with E-state index in [2.05, 4.69) is 5.10 Å². The molecule has 2 aliphatic rings. The zero-order chi connectivity index (χ0) is 13.6. The van der Waals surface area contributed by atoms with Gasteiger partial charge in [0.25, 0.3) is 0 Å². The highest BCUT2D eigenvalue weighted by Gasteiger charge is 2.32. The third-order valence-corrected chi connectivity index (χ3v) is 3.98. The second kappa shape index (κ2) is 4.51. The first-order chi connectivity index (χ1) is 9.06. The molecule has 2 aliphatic carbocycles. The van der Waals surface area contributed by atoms with Crippen molar-refractivity contribution in [3.8, 4) is 0 Å². The van der Waals surface area contributed by atoms with E-state index in [9.17, 15) is 4.79 Å². The number of nitrogens with zero attached hydrogens (tertiary/aromatic N) is 3. The van der Waals surface area contributed by atoms with Crippen LogP contribution >= 0.6 is 0 Å². The maximum absolute atomic E-state index is 12.6. The van der Waals surface area contributed by atoms with Crippen molar-refractivity contribution in [3.05, 3.63) is 28.7 Å². The molecule has 1 aromatic heterocycles. The van der Waals surface area contributed by atoms with Gasteiger partial charge in [0.15, 0.2) is 5.78 Å². The van der Waals surface area contributed by atoms with Crippen molar-refractivity contribution in [2.45, 2.75) is 32.1 Å². The van der Waals surface area contributed by atoms with Crippen molar-refractivity contribution in [3.63, 3.8) is 0 Å². The number of aryl methyl sites for hydroxylation is 2. The van der Waals surface area contributed by atoms with E-state index in [4.69, 9.17) is 0 Å². The Morgan fingerprint density at radius 3 is 2.74 bits per heavy atom. The molecule has 0 atom stereocenters. The Kier molecular flexibility index (Phi) is 2.96. The number of carbonyl (C=O) groups excluding carboxylic acids is 1. The quantitative estimate of drug-likeness (QED) is 0.779. The van der Waals surface area contributed by atoms with Gasteiger partial charge in [-0.1, -0.05) is 0 Å². The summed E-state index contributed by atoms with van der Waals surface area (Å²) in [5.41, 5.74) is 3.96. The fourth-order valence-corrected chi connectivity index (χ4v) is 2.85. The first kappa shape index (κ1) is 12.5. The molecule has 1 heterocycles. The van der Waals surface area contributed by atoms with Gasteiger partial charge in [0.05, 0.1) is 11.3 Å². The summed E-state index contributed by atoms with van der Waals surface area (Å²) >= 11 is 0. The molecule has 0 spiro atoms. The van der Waals surface area contributed by atoms with Gasteiger partial charge in [-0.15, -0.1) is 0 Å². The van der Waals surface area contributed by atoms with Gasteiger partial charge in [-0.05, 0) is 38.0 Å². The number of rotatable bonds is 3. The molecule has 0 amide bonds. The first-order valence-corrected chi connectivity index (χ1v) is 7.03. The highest BCUT2D eigenvalue weighted by atomic mass is 16.1. The lowest BCUT2D eigenvalue weighted by Gasteiger charge is -2.16. The summed E-state index contributed by atoms with van der Waals surface area (Å²) in [7, 11) is 5.90. The summed E-state index contributed by atoms with van der Waals surface area (Å²) in [6, 6.07) is 0. The molecule has 19 heavy (non-hydrogen) atoms. The number of ketones is 1. The lowest BCUT2D eigenvalue weighted by molar-refractivity contribution is 0.102. The van der Waals surface area contributed by atoms with Crippen LogP contribution in [0.1, 0.15) is 41.0 Å². The van der Waals surface area contributed by atoms with E-state index in [1.807, 2.05) is 36.9 Å². The molecule has 0 aromatic carbocycles. The Morgan fingerprint density at radius 1 is 1.37 bits per heavy atom. The molecule has 0 unspecified atom stereocenters. The highest BCUT2D eigenvalue weighted by Crippen LogP contribution is 2.36. The summed E-state index contributed by atoms with van der Waals surface area (Å²) in [6.07, 6.45) is 7.27. The van der Waals surface area contributed by atoms with Crippen molar-refractivity contribution >= 4 is 5.78 Å². The fraction of sp³-hybridized carbons (Fsp3) is 0.600. The van der Waals surface area contributed by atoms with E-state index >= 15 is 0 Å². The van der Waals surface area contributed by atoms with E-state index in [0.29, 0.717) is 0 Å². The van der Waals surface area contributed by atoms with Crippen LogP contribution in [0.2, 0.25) is 0 Å². The van der Waals surface area contributed by atoms with Crippen LogP contribution in [0.15, 0.2) is 11.8 Å². The van der Waals surface area contributed by atoms with Gasteiger partial charge in [-0.3, -0.25) is 9.48 Å². The Labute approximate surface area is 114 Å². The molecule has 102 valence electrons. The van der Waals surface area contributed by atoms with Crippen LogP contribution in [0.4, 0.5) is 0 Å². The number of allylic oxidation sites excluding steroid dienone is 1. The van der Waals surface area contributed by atoms with Crippen LogP contribution in [0.25, 0.3) is 0 Å². The van der Waals surface area contributed by atoms with E-state index in [1.165, 1.54) is 12.8 Å². The number of hydrogen-bond donors (Lipinski definition) is 0. The lowest BCUT2D eigenvalue weighted by atomic mass is 9.89. The first-order valence-electron chi connectivity index (χ1n) is 7.03. The van der Waals surface area contributed by atoms with Crippen LogP contribution < -0.4 is 0 Å². The van der Waals surface area contributed by atoms with Gasteiger partial charge in [0.2, 0.25) is 0 Å². The number of hydrogen-bond acceptors (Lipinski definition) is 3. The molecule has 0 saturated heterocycles. The summed E-state index contributed by atoms with van der Waals surface area (Å²) in [6.45, 7) is 0. The van der Waals surface area contributed by atoms with Crippen molar-refractivity contribution in [1.82, 2.24) is 14.7 Å². The molecule has 4 nitrogen and oxygen atoms in total. The second-order valence-electron chi connectivity index (χ2n) is 5.99. The molecular formula is C15H21N3O. The number of Topliss-reactive ketones (excluding diaryl/α,β-unsaturated/α-hetero) is 1. The molecule has 1 aromatic rings. The highest BCUT2D eigenvalue weighted by molar-refractivity contribution is 6.11. The van der Waals surface area contributed by atoms with E-state index in [-0.39, 0.29) is 5.78 Å². The van der Waals surface area contributed by atoms with E-state index in [0.717, 1.165) is 47.7 Å². The fourth-order valence-electron chi connectivity index (χ4n) is 2.85. The predicted octanol–water partition coefficient (Wildman–Crippen LogP) is 1.95. The predicted molar refractivity (Wildman–Crippen MR) is 74.1 cm³/mol. The van der Waals surface area contributed by atoms with Gasteiger partial charge in [-0.25, -0.2) is 0 Å². The Balaban J connectivity index is 1.98. The summed E-state index contributed by atoms with van der Waals surface area (Å²) in [5, 5.41) is 4.55. The zero-order valence-corrected chi connectivity index (χ0v) is 11.9. The van der Waals surface area contributed by atoms with Gasteiger partial charge in [-0.2, -0.15) is 5.10 Å². The topological polar surface area (TPSA) is 38.1 Å². The molecule has 0 radical (unpaired) electrons. The maximum Gasteiger partial charge on any atom is 0.194 e. The third-order valence-electron chi connectivity index (χ3n) is 3.98. The average Bonchev–Trinajstić information content (AvgIpc) is 3.08. The number of aromatic nitrogens is 2. The molecular weight excluding hydrogens is 238 g/mol. The minimum Gasteiger partial charge on any atom is -0.383 e. The van der Waals surface area contributed by atoms with Gasteiger partial charge in [0, 0.05) is 38.6 Å². The smallest absolute Gasteiger partial charge is 0.194 e. The van der Waals surface area contributed by atoms with Crippen LogP contribution in [-0.4, -0.2) is 34.6 Å². The normalized spacial score (nSPS) is 20.8. The van der Waals surface area contributed by atoms with Crippen molar-refractivity contribution in [1.29, 1.82) is 0 Å². The van der Waals surface area contributed by atoms with Gasteiger partial charge in [0.1, 0.15) is 0 Å². The van der Waals surface area contributed by atoms with Crippen LogP contribution in [0.3, 0.4) is 0 Å². The molecule has 1 saturated carbocycles. The van der Waals surface area contributed by atoms with E-state index in [1.54, 1.807) is 0 Å². The van der Waals surface area contributed by atoms with Crippen LogP contribution in [0.5, 0.6) is 0 Å². The van der Waals surface area contributed by atoms with Gasteiger partial charge < -0.3 is 4.90 Å². The molecule has 1 fully saturated rings. The summed E-state index contributed by atoms with van der Waals surface area (Å²) < 4.78 is 1.93. The Morgan fingerprint density at radius 2 is 2.11 bits per heavy atom. The van der Waals surface area contributed by atoms with Crippen LogP contribution in [0, 0.1) is 5.92 Å². The molecule has 3 rings (SSSR count). The van der Waals surface area contributed by atoms with Gasteiger partial charge >= 0.3 is 0 Å². The maximum atomic E-state index is 12.6. The molecule has 4 heteroatoms. The number of fused-ring (bicyclic) bond motifs is 1. The molecule has 0 bridgehead atoms. The molecule has 0 aliphatic heterocycles. The van der Waals surface area contributed by atoms with Crippen molar-refractivity contribution in [2.75, 3.05) is 14.1 Å². The van der Waals surface area contributed by atoms with Crippen LogP contribution in [-0.2, 0) is 19.9 Å². The van der Waals surface area contributed by atoms with Crippen molar-refractivity contribution in [2.24, 2.45) is 13.0 Å². The third kappa shape index (κ3) is 2.31. The van der Waals surface area contributed by atoms with Crippen molar-refractivity contribution < 1.29 is 4.79 Å². The Bertz CT molecular complexity index is 550. The second-order valence-corrected chi connectivity index (χ2v) is 5.99. The number of carbonyl (C=O) groups is 1. The summed E-state index contributed by atoms with van der Waals surface area (Å²) in [4.78, 5) is 14.6. The minimum atomic E-state index is 0.193. The SMILES string of the molecule is CN(C)C=C1CCc2nn(C)c(CC3CC3)c2C1=O. The lowest BCUT2D eigenvalue weighted by Crippen LogP contribution is -2.17. The standard InChI is InChI=1S/C15H21N3O/c1-17(2)9-11-6-7-12-14(15(11)19)13(18(3)16-12)8-10-4-5-10/h9-10H,4-8H2,1-3H3. The largest absolute Gasteiger partial charge is 0.383 e. The minimum absolute atomic E-state index is 0.193. The Hall–Kier alpha value is -1.58. The molecule has 0 N–H and O–H groups in total. The summed E-state index contributed by atoms with van der Waals surface area (Å²) in [5.74, 6) is 0.967. The monoisotopic (exact) mass is 259 g/mol. The van der Waals surface area contributed by atoms with E-state index < -0.39 is 0 Å². The zero-order valence-electron chi connectivity index (χ0n) is 11.9.